The summed E-state index contributed by atoms with van der Waals surface area (Å²) in [6, 6.07) is 6.76. The molecular weight excluding hydrogens is 348 g/mol. The van der Waals surface area contributed by atoms with E-state index >= 15 is 0 Å². The fourth-order valence-corrected chi connectivity index (χ4v) is 3.63. The van der Waals surface area contributed by atoms with Crippen molar-refractivity contribution in [1.29, 1.82) is 0 Å². The molecule has 0 aliphatic carbocycles. The van der Waals surface area contributed by atoms with Crippen LogP contribution in [0.3, 0.4) is 0 Å². The van der Waals surface area contributed by atoms with E-state index in [0.717, 1.165) is 31.6 Å². The Hall–Kier alpha value is -2.08. The number of anilines is 1. The molecule has 1 amide bonds. The van der Waals surface area contributed by atoms with Crippen LogP contribution in [0.15, 0.2) is 35.9 Å². The second-order valence-electron chi connectivity index (χ2n) is 6.54. The molecule has 0 spiro atoms. The van der Waals surface area contributed by atoms with Gasteiger partial charge in [0.15, 0.2) is 5.78 Å². The zero-order valence-corrected chi connectivity index (χ0v) is 16.2. The van der Waals surface area contributed by atoms with Gasteiger partial charge in [0, 0.05) is 23.9 Å². The molecule has 0 fully saturated rings. The highest BCUT2D eigenvalue weighted by Gasteiger charge is 2.25. The van der Waals surface area contributed by atoms with E-state index in [4.69, 9.17) is 0 Å². The lowest BCUT2D eigenvalue weighted by atomic mass is 10.0. The lowest BCUT2D eigenvalue weighted by molar-refractivity contribution is -0.120. The van der Waals surface area contributed by atoms with E-state index in [0.29, 0.717) is 17.7 Å². The van der Waals surface area contributed by atoms with Crippen molar-refractivity contribution in [3.63, 3.8) is 0 Å². The van der Waals surface area contributed by atoms with Crippen molar-refractivity contribution in [2.24, 2.45) is 0 Å². The van der Waals surface area contributed by atoms with Gasteiger partial charge in [0.25, 0.3) is 0 Å². The fraction of sp³-hybridized carbons (Fsp3) is 0.450. The molecule has 1 aliphatic heterocycles. The first kappa shape index (κ1) is 20.2. The Morgan fingerprint density at radius 3 is 2.65 bits per heavy atom. The summed E-state index contributed by atoms with van der Waals surface area (Å²) in [4.78, 5) is 37.4. The van der Waals surface area contributed by atoms with Crippen LogP contribution in [-0.2, 0) is 9.59 Å². The Balaban J connectivity index is 1.96. The molecule has 0 radical (unpaired) electrons. The zero-order valence-electron chi connectivity index (χ0n) is 15.4. The summed E-state index contributed by atoms with van der Waals surface area (Å²) >= 11 is 1.66. The predicted molar refractivity (Wildman–Crippen MR) is 106 cm³/mol. The molecular formula is C20H26N2O3S. The van der Waals surface area contributed by atoms with Gasteiger partial charge in [-0.05, 0) is 44.2 Å². The first-order chi connectivity index (χ1) is 12.5. The molecule has 0 bridgehead atoms. The maximum atomic E-state index is 12.8. The first-order valence-electron chi connectivity index (χ1n) is 8.92. The molecule has 0 saturated heterocycles. The minimum absolute atomic E-state index is 0.0259. The molecule has 1 aromatic carbocycles. The van der Waals surface area contributed by atoms with Gasteiger partial charge in [0.2, 0.25) is 5.91 Å². The summed E-state index contributed by atoms with van der Waals surface area (Å²) in [5, 5.41) is 4.94. The summed E-state index contributed by atoms with van der Waals surface area (Å²) in [6.45, 7) is 3.12. The number of amides is 1. The standard InChI is InChI=1S/C20H26N2O3S/c1-15(23)7-4-3-5-10-19(22-11-12-26-14-22)20(25)21-18-9-6-8-17(13-18)16(2)24/h6,8-9,11-13,19H,3-5,7,10,14H2,1-2H3,(H,21,25)/t19-/m0/s1. The largest absolute Gasteiger partial charge is 0.356 e. The van der Waals surface area contributed by atoms with E-state index in [1.165, 1.54) is 6.92 Å². The molecule has 0 aromatic heterocycles. The summed E-state index contributed by atoms with van der Waals surface area (Å²) in [6.07, 6.45) is 6.00. The number of ketones is 2. The highest BCUT2D eigenvalue weighted by molar-refractivity contribution is 8.02. The molecule has 1 aliphatic rings. The molecule has 26 heavy (non-hydrogen) atoms. The summed E-state index contributed by atoms with van der Waals surface area (Å²) in [7, 11) is 0. The predicted octanol–water partition coefficient (Wildman–Crippen LogP) is 4.21. The number of hydrogen-bond donors (Lipinski definition) is 1. The quantitative estimate of drug-likeness (QED) is 0.491. The topological polar surface area (TPSA) is 66.5 Å². The average Bonchev–Trinajstić information content (AvgIpc) is 3.12. The van der Waals surface area contributed by atoms with Crippen LogP contribution < -0.4 is 5.32 Å². The maximum absolute atomic E-state index is 12.8. The second-order valence-corrected chi connectivity index (χ2v) is 7.40. The number of unbranched alkanes of at least 4 members (excludes halogenated alkanes) is 2. The van der Waals surface area contributed by atoms with Gasteiger partial charge in [-0.1, -0.05) is 25.0 Å². The molecule has 1 heterocycles. The van der Waals surface area contributed by atoms with Gasteiger partial charge < -0.3 is 15.0 Å². The number of Topliss-reactive ketones (excluding diaryl/α,β-unsaturated/α-hetero) is 2. The van der Waals surface area contributed by atoms with E-state index in [1.54, 1.807) is 43.0 Å². The van der Waals surface area contributed by atoms with E-state index in [-0.39, 0.29) is 23.5 Å². The van der Waals surface area contributed by atoms with Crippen LogP contribution in [0, 0.1) is 0 Å². The summed E-state index contributed by atoms with van der Waals surface area (Å²) in [5.74, 6) is 0.883. The van der Waals surface area contributed by atoms with Gasteiger partial charge in [-0.2, -0.15) is 0 Å². The van der Waals surface area contributed by atoms with Crippen molar-refractivity contribution < 1.29 is 14.4 Å². The van der Waals surface area contributed by atoms with Gasteiger partial charge in [-0.15, -0.1) is 11.8 Å². The molecule has 0 unspecified atom stereocenters. The van der Waals surface area contributed by atoms with Crippen LogP contribution in [0.25, 0.3) is 0 Å². The van der Waals surface area contributed by atoms with E-state index in [1.807, 2.05) is 16.5 Å². The third-order valence-corrected chi connectivity index (χ3v) is 5.08. The Labute approximate surface area is 159 Å². The van der Waals surface area contributed by atoms with Crippen molar-refractivity contribution in [1.82, 2.24) is 4.90 Å². The number of thioether (sulfide) groups is 1. The Bertz CT molecular complexity index is 687. The Morgan fingerprint density at radius 2 is 2.00 bits per heavy atom. The number of nitrogens with one attached hydrogen (secondary N) is 1. The van der Waals surface area contributed by atoms with E-state index < -0.39 is 0 Å². The second kappa shape index (κ2) is 10.2. The van der Waals surface area contributed by atoms with Crippen LogP contribution in [0.4, 0.5) is 5.69 Å². The van der Waals surface area contributed by atoms with Gasteiger partial charge in [-0.3, -0.25) is 9.59 Å². The molecule has 2 rings (SSSR count). The van der Waals surface area contributed by atoms with E-state index in [2.05, 4.69) is 5.32 Å². The Morgan fingerprint density at radius 1 is 1.19 bits per heavy atom. The summed E-state index contributed by atoms with van der Waals surface area (Å²) < 4.78 is 0. The van der Waals surface area contributed by atoms with Crippen molar-refractivity contribution in [3.05, 3.63) is 41.4 Å². The minimum Gasteiger partial charge on any atom is -0.356 e. The third kappa shape index (κ3) is 6.33. The van der Waals surface area contributed by atoms with Gasteiger partial charge in [0.1, 0.15) is 11.8 Å². The van der Waals surface area contributed by atoms with E-state index in [9.17, 15) is 14.4 Å². The zero-order chi connectivity index (χ0) is 18.9. The SMILES string of the molecule is CC(=O)CCCCC[C@@H](C(=O)Nc1cccc(C(C)=O)c1)N1C=CSC1. The first-order valence-corrected chi connectivity index (χ1v) is 9.97. The Kier molecular flexibility index (Phi) is 7.91. The number of rotatable bonds is 10. The molecule has 0 saturated carbocycles. The van der Waals surface area contributed by atoms with Crippen molar-refractivity contribution in [3.8, 4) is 0 Å². The number of hydrogen-bond acceptors (Lipinski definition) is 5. The third-order valence-electron chi connectivity index (χ3n) is 4.32. The van der Waals surface area contributed by atoms with Crippen LogP contribution in [0.1, 0.15) is 56.3 Å². The monoisotopic (exact) mass is 374 g/mol. The molecule has 6 heteroatoms. The molecule has 140 valence electrons. The highest BCUT2D eigenvalue weighted by atomic mass is 32.2. The van der Waals surface area contributed by atoms with Crippen molar-refractivity contribution in [2.45, 2.75) is 52.0 Å². The van der Waals surface area contributed by atoms with Gasteiger partial charge in [0.05, 0.1) is 5.88 Å². The smallest absolute Gasteiger partial charge is 0.247 e. The van der Waals surface area contributed by atoms with Crippen molar-refractivity contribution in [2.75, 3.05) is 11.2 Å². The number of nitrogens with zero attached hydrogens (tertiary/aromatic N) is 1. The molecule has 1 N–H and O–H groups in total. The molecule has 5 nitrogen and oxygen atoms in total. The van der Waals surface area contributed by atoms with Crippen molar-refractivity contribution >= 4 is 34.9 Å². The van der Waals surface area contributed by atoms with Crippen LogP contribution in [0.2, 0.25) is 0 Å². The number of benzene rings is 1. The number of carbonyl (C=O) groups excluding carboxylic acids is 3. The van der Waals surface area contributed by atoms with Crippen LogP contribution in [-0.4, -0.2) is 34.3 Å². The normalized spacial score (nSPS) is 14.3. The maximum Gasteiger partial charge on any atom is 0.247 e. The summed E-state index contributed by atoms with van der Waals surface area (Å²) in [5.41, 5.74) is 1.22. The average molecular weight is 375 g/mol. The lowest BCUT2D eigenvalue weighted by Crippen LogP contribution is -2.40. The number of carbonyl (C=O) groups is 3. The minimum atomic E-state index is -0.250. The van der Waals surface area contributed by atoms with Crippen LogP contribution >= 0.6 is 11.8 Å². The molecule has 1 atom stereocenters. The van der Waals surface area contributed by atoms with Crippen LogP contribution in [0.5, 0.6) is 0 Å². The molecule has 1 aromatic rings. The lowest BCUT2D eigenvalue weighted by Gasteiger charge is -2.26. The fourth-order valence-electron chi connectivity index (χ4n) is 2.86. The van der Waals surface area contributed by atoms with Gasteiger partial charge in [-0.25, -0.2) is 0 Å². The highest BCUT2D eigenvalue weighted by Crippen LogP contribution is 2.23. The van der Waals surface area contributed by atoms with Gasteiger partial charge >= 0.3 is 0 Å².